The summed E-state index contributed by atoms with van der Waals surface area (Å²) in [5.41, 5.74) is 5.97. The molecule has 0 atom stereocenters. The third-order valence-corrected chi connectivity index (χ3v) is 4.37. The molecule has 0 fully saturated rings. The van der Waals surface area contributed by atoms with E-state index in [-0.39, 0.29) is 15.2 Å². The number of thioether (sulfide) groups is 1. The summed E-state index contributed by atoms with van der Waals surface area (Å²) in [5.74, 6) is 0.207. The molecule has 0 bridgehead atoms. The zero-order valence-corrected chi connectivity index (χ0v) is 13.7. The Morgan fingerprint density at radius 2 is 1.95 bits per heavy atom. The van der Waals surface area contributed by atoms with Gasteiger partial charge < -0.3 is 10.5 Å². The normalized spacial score (nSPS) is 10.3. The van der Waals surface area contributed by atoms with Crippen molar-refractivity contribution < 1.29 is 9.13 Å². The van der Waals surface area contributed by atoms with E-state index in [9.17, 15) is 4.39 Å². The standard InChI is InChI=1S/C14H11BrFNOS2/c1-20-11-5-3-2-4-9(11)18-10-7-6-8(14(17)19)12(15)13(10)16/h2-7H,1H3,(H2,17,19). The van der Waals surface area contributed by atoms with Crippen LogP contribution in [0.1, 0.15) is 5.56 Å². The minimum Gasteiger partial charge on any atom is -0.453 e. The molecular formula is C14H11BrFNOS2. The molecule has 0 heterocycles. The van der Waals surface area contributed by atoms with Gasteiger partial charge in [-0.2, -0.15) is 0 Å². The van der Waals surface area contributed by atoms with E-state index in [2.05, 4.69) is 15.9 Å². The van der Waals surface area contributed by atoms with Gasteiger partial charge in [0.05, 0.1) is 4.47 Å². The van der Waals surface area contributed by atoms with E-state index < -0.39 is 5.82 Å². The van der Waals surface area contributed by atoms with Crippen molar-refractivity contribution in [2.24, 2.45) is 5.73 Å². The minimum absolute atomic E-state index is 0.123. The molecule has 0 aromatic heterocycles. The highest BCUT2D eigenvalue weighted by molar-refractivity contribution is 9.10. The highest BCUT2D eigenvalue weighted by Crippen LogP contribution is 2.35. The van der Waals surface area contributed by atoms with Gasteiger partial charge in [-0.3, -0.25) is 0 Å². The van der Waals surface area contributed by atoms with E-state index in [0.717, 1.165) is 4.90 Å². The van der Waals surface area contributed by atoms with E-state index >= 15 is 0 Å². The molecule has 104 valence electrons. The van der Waals surface area contributed by atoms with E-state index in [1.807, 2.05) is 24.5 Å². The third kappa shape index (κ3) is 3.13. The number of para-hydroxylation sites is 1. The second kappa shape index (κ2) is 6.56. The number of rotatable bonds is 4. The fourth-order valence-electron chi connectivity index (χ4n) is 1.62. The number of benzene rings is 2. The predicted molar refractivity (Wildman–Crippen MR) is 88.3 cm³/mol. The summed E-state index contributed by atoms with van der Waals surface area (Å²) in [7, 11) is 0. The van der Waals surface area contributed by atoms with Gasteiger partial charge in [-0.1, -0.05) is 24.4 Å². The van der Waals surface area contributed by atoms with E-state index in [1.165, 1.54) is 17.8 Å². The van der Waals surface area contributed by atoms with Crippen molar-refractivity contribution in [1.29, 1.82) is 0 Å². The van der Waals surface area contributed by atoms with Crippen molar-refractivity contribution in [3.63, 3.8) is 0 Å². The van der Waals surface area contributed by atoms with Gasteiger partial charge in [0.15, 0.2) is 11.6 Å². The Hall–Kier alpha value is -1.11. The monoisotopic (exact) mass is 371 g/mol. The molecule has 0 aliphatic heterocycles. The quantitative estimate of drug-likeness (QED) is 0.621. The highest BCUT2D eigenvalue weighted by atomic mass is 79.9. The van der Waals surface area contributed by atoms with Crippen LogP contribution in [0.4, 0.5) is 4.39 Å². The van der Waals surface area contributed by atoms with E-state index in [4.69, 9.17) is 22.7 Å². The molecular weight excluding hydrogens is 361 g/mol. The first-order valence-corrected chi connectivity index (χ1v) is 8.06. The number of thiocarbonyl (C=S) groups is 1. The first-order valence-electron chi connectivity index (χ1n) is 5.63. The minimum atomic E-state index is -0.522. The van der Waals surface area contributed by atoms with Gasteiger partial charge in [0, 0.05) is 10.5 Å². The summed E-state index contributed by atoms with van der Waals surface area (Å²) in [6, 6.07) is 10.6. The lowest BCUT2D eigenvalue weighted by Crippen LogP contribution is -2.11. The number of halogens is 2. The molecule has 0 aliphatic rings. The average Bonchev–Trinajstić information content (AvgIpc) is 2.44. The van der Waals surface area contributed by atoms with Crippen LogP contribution in [-0.4, -0.2) is 11.2 Å². The number of ether oxygens (including phenoxy) is 1. The van der Waals surface area contributed by atoms with Gasteiger partial charge in [-0.05, 0) is 46.5 Å². The first-order chi connectivity index (χ1) is 9.54. The maximum atomic E-state index is 14.2. The van der Waals surface area contributed by atoms with Crippen LogP contribution in [0.25, 0.3) is 0 Å². The van der Waals surface area contributed by atoms with Crippen LogP contribution in [0.15, 0.2) is 45.8 Å². The maximum Gasteiger partial charge on any atom is 0.180 e. The van der Waals surface area contributed by atoms with Gasteiger partial charge in [0.25, 0.3) is 0 Å². The van der Waals surface area contributed by atoms with E-state index in [0.29, 0.717) is 11.3 Å². The Balaban J connectivity index is 2.40. The average molecular weight is 372 g/mol. The number of hydrogen-bond donors (Lipinski definition) is 1. The van der Waals surface area contributed by atoms with Crippen LogP contribution < -0.4 is 10.5 Å². The van der Waals surface area contributed by atoms with Crippen molar-refractivity contribution in [3.8, 4) is 11.5 Å². The van der Waals surface area contributed by atoms with Crippen LogP contribution in [-0.2, 0) is 0 Å². The van der Waals surface area contributed by atoms with Crippen molar-refractivity contribution in [2.75, 3.05) is 6.26 Å². The fraction of sp³-hybridized carbons (Fsp3) is 0.0714. The molecule has 0 saturated heterocycles. The summed E-state index contributed by atoms with van der Waals surface area (Å²) in [6.07, 6.45) is 1.93. The molecule has 2 aromatic carbocycles. The Bertz CT molecular complexity index is 664. The van der Waals surface area contributed by atoms with Crippen molar-refractivity contribution in [1.82, 2.24) is 0 Å². The van der Waals surface area contributed by atoms with Gasteiger partial charge in [0.1, 0.15) is 10.7 Å². The van der Waals surface area contributed by atoms with Crippen molar-refractivity contribution >= 4 is 44.9 Å². The molecule has 0 radical (unpaired) electrons. The highest BCUT2D eigenvalue weighted by Gasteiger charge is 2.15. The van der Waals surface area contributed by atoms with Crippen LogP contribution in [0.3, 0.4) is 0 Å². The Kier molecular flexibility index (Phi) is 5.01. The summed E-state index contributed by atoms with van der Waals surface area (Å²) < 4.78 is 20.1. The first kappa shape index (κ1) is 15.3. The van der Waals surface area contributed by atoms with Gasteiger partial charge in [-0.25, -0.2) is 4.39 Å². The van der Waals surface area contributed by atoms with Crippen LogP contribution in [0.2, 0.25) is 0 Å². The van der Waals surface area contributed by atoms with Crippen LogP contribution >= 0.6 is 39.9 Å². The van der Waals surface area contributed by atoms with Crippen LogP contribution in [0, 0.1) is 5.82 Å². The third-order valence-electron chi connectivity index (χ3n) is 2.60. The Labute approximate surface area is 134 Å². The lowest BCUT2D eigenvalue weighted by molar-refractivity contribution is 0.432. The number of hydrogen-bond acceptors (Lipinski definition) is 3. The molecule has 0 saturated carbocycles. The summed E-state index contributed by atoms with van der Waals surface area (Å²) in [5, 5.41) is 0. The smallest absolute Gasteiger partial charge is 0.180 e. The molecule has 6 heteroatoms. The lowest BCUT2D eigenvalue weighted by Gasteiger charge is -2.12. The Morgan fingerprint density at radius 3 is 2.60 bits per heavy atom. The van der Waals surface area contributed by atoms with Crippen molar-refractivity contribution in [3.05, 3.63) is 52.3 Å². The van der Waals surface area contributed by atoms with Gasteiger partial charge >= 0.3 is 0 Å². The Morgan fingerprint density at radius 1 is 1.25 bits per heavy atom. The van der Waals surface area contributed by atoms with Gasteiger partial charge in [-0.15, -0.1) is 11.8 Å². The molecule has 0 spiro atoms. The molecule has 0 unspecified atom stereocenters. The summed E-state index contributed by atoms with van der Waals surface area (Å²) in [6.45, 7) is 0. The topological polar surface area (TPSA) is 35.2 Å². The zero-order valence-electron chi connectivity index (χ0n) is 10.5. The van der Waals surface area contributed by atoms with Crippen LogP contribution in [0.5, 0.6) is 11.5 Å². The lowest BCUT2D eigenvalue weighted by atomic mass is 10.2. The second-order valence-electron chi connectivity index (χ2n) is 3.86. The summed E-state index contributed by atoms with van der Waals surface area (Å²) in [4.78, 5) is 1.06. The SMILES string of the molecule is CSc1ccccc1Oc1ccc(C(N)=S)c(Br)c1F. The second-order valence-corrected chi connectivity index (χ2v) is 5.94. The van der Waals surface area contributed by atoms with Gasteiger partial charge in [0.2, 0.25) is 0 Å². The van der Waals surface area contributed by atoms with E-state index in [1.54, 1.807) is 12.1 Å². The molecule has 20 heavy (non-hydrogen) atoms. The largest absolute Gasteiger partial charge is 0.453 e. The molecule has 0 amide bonds. The molecule has 2 aromatic rings. The fourth-order valence-corrected chi connectivity index (χ4v) is 2.99. The zero-order chi connectivity index (χ0) is 14.7. The molecule has 2 nitrogen and oxygen atoms in total. The predicted octanol–water partition coefficient (Wildman–Crippen LogP) is 4.74. The molecule has 2 rings (SSSR count). The number of nitrogens with two attached hydrogens (primary N) is 1. The molecule has 0 aliphatic carbocycles. The van der Waals surface area contributed by atoms with Crippen molar-refractivity contribution in [2.45, 2.75) is 4.90 Å². The molecule has 2 N–H and O–H groups in total. The maximum absolute atomic E-state index is 14.2. The summed E-state index contributed by atoms with van der Waals surface area (Å²) >= 11 is 9.54.